The second-order valence-electron chi connectivity index (χ2n) is 6.41. The van der Waals surface area contributed by atoms with Crippen LogP contribution in [0.15, 0.2) is 71.3 Å². The summed E-state index contributed by atoms with van der Waals surface area (Å²) in [7, 11) is 0. The summed E-state index contributed by atoms with van der Waals surface area (Å²) in [5.74, 6) is 0.345. The van der Waals surface area contributed by atoms with Gasteiger partial charge in [-0.15, -0.1) is 5.10 Å². The largest absolute Gasteiger partial charge is 0.459 e. The summed E-state index contributed by atoms with van der Waals surface area (Å²) in [6.45, 7) is 0.921. The van der Waals surface area contributed by atoms with Crippen LogP contribution < -0.4 is 10.6 Å². The smallest absolute Gasteiger partial charge is 0.317 e. The molecule has 0 aliphatic heterocycles. The maximum atomic E-state index is 12.8. The van der Waals surface area contributed by atoms with Gasteiger partial charge in [0.1, 0.15) is 0 Å². The predicted molar refractivity (Wildman–Crippen MR) is 116 cm³/mol. The van der Waals surface area contributed by atoms with Gasteiger partial charge in [0, 0.05) is 23.1 Å². The van der Waals surface area contributed by atoms with Crippen LogP contribution in [-0.4, -0.2) is 20.7 Å². The maximum absolute atomic E-state index is 12.8. The highest BCUT2D eigenvalue weighted by atomic mass is 35.5. The first-order chi connectivity index (χ1) is 14.6. The third-order valence-corrected chi connectivity index (χ3v) is 4.76. The summed E-state index contributed by atoms with van der Waals surface area (Å²) < 4.78 is 6.40. The fourth-order valence-corrected chi connectivity index (χ4v) is 2.97. The molecule has 9 heteroatoms. The van der Waals surface area contributed by atoms with Gasteiger partial charge in [0.25, 0.3) is 0 Å². The van der Waals surface area contributed by atoms with Crippen LogP contribution in [-0.2, 0) is 13.1 Å². The first-order valence-corrected chi connectivity index (χ1v) is 9.86. The molecule has 2 N–H and O–H groups in total. The fraction of sp³-hybridized carbons (Fsp3) is 0.0952. The lowest BCUT2D eigenvalue weighted by Crippen LogP contribution is -2.17. The van der Waals surface area contributed by atoms with E-state index in [9.17, 15) is 4.79 Å². The van der Waals surface area contributed by atoms with E-state index < -0.39 is 5.91 Å². The van der Waals surface area contributed by atoms with E-state index in [0.29, 0.717) is 35.0 Å². The van der Waals surface area contributed by atoms with Crippen molar-refractivity contribution in [2.24, 2.45) is 0 Å². The van der Waals surface area contributed by atoms with Crippen molar-refractivity contribution in [3.63, 3.8) is 0 Å². The van der Waals surface area contributed by atoms with E-state index in [1.165, 1.54) is 10.9 Å². The first-order valence-electron chi connectivity index (χ1n) is 9.10. The molecular formula is C21H17Cl2N5O2. The van der Waals surface area contributed by atoms with Gasteiger partial charge in [-0.1, -0.05) is 47.5 Å². The number of nitrogens with one attached hydrogen (secondary N) is 2. The highest BCUT2D eigenvalue weighted by Crippen LogP contribution is 2.16. The molecule has 4 rings (SSSR count). The average Bonchev–Trinajstić information content (AvgIpc) is 3.43. The molecule has 0 amide bonds. The van der Waals surface area contributed by atoms with Crippen LogP contribution >= 0.6 is 23.2 Å². The SMILES string of the molecule is O=C(c1ccco1)n1nc(NCc2ccc(Cl)cc2)nc1NCc1ccc(Cl)cc1. The molecule has 2 aromatic heterocycles. The molecule has 0 spiro atoms. The lowest BCUT2D eigenvalue weighted by molar-refractivity contribution is 0.0920. The third kappa shape index (κ3) is 4.82. The van der Waals surface area contributed by atoms with E-state index >= 15 is 0 Å². The van der Waals surface area contributed by atoms with Gasteiger partial charge in [-0.2, -0.15) is 9.67 Å². The standard InChI is InChI=1S/C21H17Cl2N5O2/c22-16-7-3-14(4-8-16)12-24-20-26-21(25-13-15-5-9-17(23)10-6-15)28(27-20)19(29)18-2-1-11-30-18/h1-11H,12-13H2,(H2,24,25,26,27). The van der Waals surface area contributed by atoms with Crippen LogP contribution in [0.4, 0.5) is 11.9 Å². The summed E-state index contributed by atoms with van der Waals surface area (Å²) in [6.07, 6.45) is 1.44. The number of aromatic nitrogens is 3. The Kier molecular flexibility index (Phi) is 6.02. The zero-order valence-corrected chi connectivity index (χ0v) is 17.2. The van der Waals surface area contributed by atoms with Crippen LogP contribution in [0.2, 0.25) is 10.0 Å². The number of rotatable bonds is 7. The highest BCUT2D eigenvalue weighted by Gasteiger charge is 2.20. The number of benzene rings is 2. The molecule has 4 aromatic rings. The number of nitrogens with zero attached hydrogens (tertiary/aromatic N) is 3. The second-order valence-corrected chi connectivity index (χ2v) is 7.29. The van der Waals surface area contributed by atoms with E-state index in [0.717, 1.165) is 11.1 Å². The van der Waals surface area contributed by atoms with E-state index in [1.807, 2.05) is 36.4 Å². The number of hydrogen-bond acceptors (Lipinski definition) is 6. The van der Waals surface area contributed by atoms with Gasteiger partial charge < -0.3 is 15.1 Å². The van der Waals surface area contributed by atoms with Gasteiger partial charge in [-0.05, 0) is 47.5 Å². The predicted octanol–water partition coefficient (Wildman–Crippen LogP) is 5.09. The van der Waals surface area contributed by atoms with E-state index in [-0.39, 0.29) is 5.76 Å². The van der Waals surface area contributed by atoms with Gasteiger partial charge in [-0.25, -0.2) is 0 Å². The van der Waals surface area contributed by atoms with Gasteiger partial charge in [0.15, 0.2) is 5.76 Å². The summed E-state index contributed by atoms with van der Waals surface area (Å²) in [5, 5.41) is 11.9. The van der Waals surface area contributed by atoms with E-state index in [1.54, 1.807) is 24.3 Å². The molecule has 0 aliphatic carbocycles. The molecule has 0 radical (unpaired) electrons. The molecule has 0 unspecified atom stereocenters. The zero-order valence-electron chi connectivity index (χ0n) is 15.7. The Bertz CT molecular complexity index is 1120. The lowest BCUT2D eigenvalue weighted by Gasteiger charge is -2.06. The topological polar surface area (TPSA) is 85.0 Å². The second kappa shape index (κ2) is 9.02. The minimum absolute atomic E-state index is 0.165. The normalized spacial score (nSPS) is 10.7. The Balaban J connectivity index is 1.53. The van der Waals surface area contributed by atoms with Crippen LogP contribution in [0, 0.1) is 0 Å². The number of furan rings is 1. The zero-order chi connectivity index (χ0) is 20.9. The molecule has 0 bridgehead atoms. The van der Waals surface area contributed by atoms with Gasteiger partial charge in [-0.3, -0.25) is 4.79 Å². The van der Waals surface area contributed by atoms with Crippen LogP contribution in [0.1, 0.15) is 21.7 Å². The highest BCUT2D eigenvalue weighted by molar-refractivity contribution is 6.30. The first kappa shape index (κ1) is 20.0. The Hall–Kier alpha value is -3.29. The summed E-state index contributed by atoms with van der Waals surface area (Å²) in [4.78, 5) is 17.2. The molecule has 7 nitrogen and oxygen atoms in total. The van der Waals surface area contributed by atoms with Gasteiger partial charge in [0.2, 0.25) is 11.9 Å². The maximum Gasteiger partial charge on any atom is 0.317 e. The number of halogens is 2. The number of anilines is 2. The number of hydrogen-bond donors (Lipinski definition) is 2. The van der Waals surface area contributed by atoms with E-state index in [4.69, 9.17) is 27.6 Å². The van der Waals surface area contributed by atoms with Crippen molar-refractivity contribution in [1.29, 1.82) is 0 Å². The van der Waals surface area contributed by atoms with Crippen molar-refractivity contribution < 1.29 is 9.21 Å². The average molecular weight is 442 g/mol. The van der Waals surface area contributed by atoms with Crippen molar-refractivity contribution in [3.05, 3.63) is 93.9 Å². The summed E-state index contributed by atoms with van der Waals surface area (Å²) in [6, 6.07) is 18.0. The minimum Gasteiger partial charge on any atom is -0.459 e. The van der Waals surface area contributed by atoms with E-state index in [2.05, 4.69) is 20.7 Å². The Labute approximate surface area is 182 Å². The minimum atomic E-state index is -0.425. The quantitative estimate of drug-likeness (QED) is 0.415. The number of carbonyl (C=O) groups is 1. The summed E-state index contributed by atoms with van der Waals surface area (Å²) >= 11 is 11.9. The van der Waals surface area contributed by atoms with Crippen LogP contribution in [0.3, 0.4) is 0 Å². The fourth-order valence-electron chi connectivity index (χ4n) is 2.71. The molecular weight excluding hydrogens is 425 g/mol. The third-order valence-electron chi connectivity index (χ3n) is 4.26. The molecule has 0 fully saturated rings. The Morgan fingerprint density at radius 3 is 2.07 bits per heavy atom. The van der Waals surface area contributed by atoms with Crippen molar-refractivity contribution in [3.8, 4) is 0 Å². The van der Waals surface area contributed by atoms with Gasteiger partial charge in [0.05, 0.1) is 6.26 Å². The lowest BCUT2D eigenvalue weighted by atomic mass is 10.2. The Morgan fingerprint density at radius 1 is 0.900 bits per heavy atom. The Morgan fingerprint density at radius 2 is 1.50 bits per heavy atom. The molecule has 0 aliphatic rings. The van der Waals surface area contributed by atoms with Crippen LogP contribution in [0.25, 0.3) is 0 Å². The van der Waals surface area contributed by atoms with Crippen molar-refractivity contribution >= 4 is 41.0 Å². The summed E-state index contributed by atoms with van der Waals surface area (Å²) in [5.41, 5.74) is 1.99. The molecule has 2 heterocycles. The molecule has 152 valence electrons. The van der Waals surface area contributed by atoms with Crippen molar-refractivity contribution in [1.82, 2.24) is 14.8 Å². The van der Waals surface area contributed by atoms with Crippen molar-refractivity contribution in [2.45, 2.75) is 13.1 Å². The monoisotopic (exact) mass is 441 g/mol. The number of carbonyl (C=O) groups excluding carboxylic acids is 1. The molecule has 0 saturated heterocycles. The van der Waals surface area contributed by atoms with Gasteiger partial charge >= 0.3 is 5.91 Å². The molecule has 0 atom stereocenters. The molecule has 2 aromatic carbocycles. The molecule has 0 saturated carbocycles. The van der Waals surface area contributed by atoms with Crippen molar-refractivity contribution in [2.75, 3.05) is 10.6 Å². The molecule has 30 heavy (non-hydrogen) atoms. The van der Waals surface area contributed by atoms with Crippen LogP contribution in [0.5, 0.6) is 0 Å².